The van der Waals surface area contributed by atoms with Crippen LogP contribution < -0.4 is 0 Å². The Morgan fingerprint density at radius 2 is 0.750 bits per heavy atom. The summed E-state index contributed by atoms with van der Waals surface area (Å²) in [6, 6.07) is 0. The molecule has 3 heteroatoms. The summed E-state index contributed by atoms with van der Waals surface area (Å²) in [6.07, 6.45) is 35.8. The van der Waals surface area contributed by atoms with Crippen molar-refractivity contribution in [1.29, 1.82) is 0 Å². The fourth-order valence-corrected chi connectivity index (χ4v) is 4.22. The number of nitrogens with zero attached hydrogens (tertiary/aromatic N) is 1. The zero-order valence-corrected chi connectivity index (χ0v) is 25.0. The largest absolute Gasteiger partial charge is 0.380 e. The quantitative estimate of drug-likeness (QED) is 0.0713. The van der Waals surface area contributed by atoms with Gasteiger partial charge in [0.05, 0.1) is 13.2 Å². The van der Waals surface area contributed by atoms with Gasteiger partial charge in [-0.1, -0.05) is 115 Å². The Bertz CT molecular complexity index is 409. The summed E-state index contributed by atoms with van der Waals surface area (Å²) < 4.78 is 11.7. The van der Waals surface area contributed by atoms with E-state index in [9.17, 15) is 0 Å². The number of hydrogen-bond acceptors (Lipinski definition) is 3. The molecule has 0 fully saturated rings. The predicted octanol–water partition coefficient (Wildman–Crippen LogP) is 9.91. The highest BCUT2D eigenvalue weighted by Crippen LogP contribution is 2.09. The summed E-state index contributed by atoms with van der Waals surface area (Å²) in [4.78, 5) is 2.33. The Kier molecular flexibility index (Phi) is 31.8. The lowest BCUT2D eigenvalue weighted by atomic mass is 10.1. The first-order valence-electron chi connectivity index (χ1n) is 15.9. The standard InChI is InChI=1S/C33H65NO2/c1-4-6-8-10-12-14-16-18-20-22-24-26-30-35-32-28-34(3)29-33-36-31-27-25-23-21-19-17-15-13-11-9-7-5-2/h10-13H,4-9,14-33H2,1-3H3. The molecule has 0 saturated carbocycles. The fraction of sp³-hybridized carbons (Fsp3) is 0.879. The van der Waals surface area contributed by atoms with Crippen LogP contribution in [0.15, 0.2) is 24.3 Å². The molecule has 0 bridgehead atoms. The zero-order chi connectivity index (χ0) is 26.2. The average molecular weight is 508 g/mol. The van der Waals surface area contributed by atoms with E-state index in [0.29, 0.717) is 0 Å². The lowest BCUT2D eigenvalue weighted by Gasteiger charge is -2.16. The van der Waals surface area contributed by atoms with Crippen LogP contribution in [0.2, 0.25) is 0 Å². The van der Waals surface area contributed by atoms with E-state index in [1.165, 1.54) is 128 Å². The molecule has 0 heterocycles. The minimum atomic E-state index is 0.843. The van der Waals surface area contributed by atoms with Gasteiger partial charge in [0.15, 0.2) is 0 Å². The number of allylic oxidation sites excluding steroid dienone is 4. The van der Waals surface area contributed by atoms with Crippen LogP contribution >= 0.6 is 0 Å². The summed E-state index contributed by atoms with van der Waals surface area (Å²) in [7, 11) is 2.17. The summed E-state index contributed by atoms with van der Waals surface area (Å²) in [5, 5.41) is 0. The van der Waals surface area contributed by atoms with Gasteiger partial charge in [-0.3, -0.25) is 0 Å². The van der Waals surface area contributed by atoms with E-state index in [2.05, 4.69) is 50.1 Å². The average Bonchev–Trinajstić information content (AvgIpc) is 2.88. The van der Waals surface area contributed by atoms with Crippen molar-refractivity contribution in [1.82, 2.24) is 4.90 Å². The van der Waals surface area contributed by atoms with Gasteiger partial charge in [-0.05, 0) is 58.4 Å². The Morgan fingerprint density at radius 3 is 1.14 bits per heavy atom. The molecule has 0 saturated heterocycles. The van der Waals surface area contributed by atoms with Gasteiger partial charge in [0.1, 0.15) is 0 Å². The first-order chi connectivity index (χ1) is 17.8. The van der Waals surface area contributed by atoms with Crippen molar-refractivity contribution in [2.24, 2.45) is 0 Å². The maximum atomic E-state index is 5.83. The molecule has 0 radical (unpaired) electrons. The Hall–Kier alpha value is -0.640. The van der Waals surface area contributed by atoms with E-state index in [0.717, 1.165) is 39.5 Å². The maximum absolute atomic E-state index is 5.83. The van der Waals surface area contributed by atoms with Crippen molar-refractivity contribution in [3.63, 3.8) is 0 Å². The van der Waals surface area contributed by atoms with Gasteiger partial charge in [0.2, 0.25) is 0 Å². The van der Waals surface area contributed by atoms with E-state index in [1.807, 2.05) is 0 Å². The van der Waals surface area contributed by atoms with Gasteiger partial charge in [0.25, 0.3) is 0 Å². The third kappa shape index (κ3) is 31.4. The first kappa shape index (κ1) is 35.4. The highest BCUT2D eigenvalue weighted by molar-refractivity contribution is 4.81. The third-order valence-corrected chi connectivity index (χ3v) is 6.84. The van der Waals surface area contributed by atoms with Crippen LogP contribution in [-0.4, -0.2) is 51.5 Å². The molecule has 0 aromatic rings. The number of likely N-dealkylation sites (N-methyl/N-ethyl adjacent to an activating group) is 1. The maximum Gasteiger partial charge on any atom is 0.0593 e. The van der Waals surface area contributed by atoms with Gasteiger partial charge < -0.3 is 14.4 Å². The van der Waals surface area contributed by atoms with E-state index < -0.39 is 0 Å². The zero-order valence-electron chi connectivity index (χ0n) is 25.0. The number of ether oxygens (including phenoxy) is 2. The smallest absolute Gasteiger partial charge is 0.0593 e. The number of unbranched alkanes of at least 4 members (excludes halogenated alkanes) is 16. The molecule has 0 aliphatic rings. The van der Waals surface area contributed by atoms with Gasteiger partial charge >= 0.3 is 0 Å². The molecule has 3 nitrogen and oxygen atoms in total. The Labute approximate surface area is 227 Å². The second-order valence-corrected chi connectivity index (χ2v) is 10.6. The Balaban J connectivity index is 3.19. The van der Waals surface area contributed by atoms with Crippen molar-refractivity contribution in [3.05, 3.63) is 24.3 Å². The fourth-order valence-electron chi connectivity index (χ4n) is 4.22. The molecule has 0 aliphatic heterocycles. The van der Waals surface area contributed by atoms with Gasteiger partial charge in [0, 0.05) is 26.3 Å². The van der Waals surface area contributed by atoms with Crippen molar-refractivity contribution in [2.45, 2.75) is 142 Å². The highest BCUT2D eigenvalue weighted by atomic mass is 16.5. The van der Waals surface area contributed by atoms with Crippen molar-refractivity contribution < 1.29 is 9.47 Å². The number of hydrogen-bond donors (Lipinski definition) is 0. The van der Waals surface area contributed by atoms with Gasteiger partial charge in [-0.15, -0.1) is 0 Å². The molecule has 0 amide bonds. The molecule has 0 aromatic carbocycles. The second kappa shape index (κ2) is 32.4. The van der Waals surface area contributed by atoms with Gasteiger partial charge in [-0.25, -0.2) is 0 Å². The van der Waals surface area contributed by atoms with E-state index in [-0.39, 0.29) is 0 Å². The second-order valence-electron chi connectivity index (χ2n) is 10.6. The highest BCUT2D eigenvalue weighted by Gasteiger charge is 1.99. The van der Waals surface area contributed by atoms with E-state index in [1.54, 1.807) is 0 Å². The molecule has 0 aliphatic carbocycles. The summed E-state index contributed by atoms with van der Waals surface area (Å²) in [5.74, 6) is 0. The minimum absolute atomic E-state index is 0.843. The van der Waals surface area contributed by atoms with Crippen LogP contribution in [0.25, 0.3) is 0 Å². The van der Waals surface area contributed by atoms with Crippen molar-refractivity contribution >= 4 is 0 Å². The Morgan fingerprint density at radius 1 is 0.417 bits per heavy atom. The van der Waals surface area contributed by atoms with E-state index in [4.69, 9.17) is 9.47 Å². The first-order valence-corrected chi connectivity index (χ1v) is 15.9. The monoisotopic (exact) mass is 508 g/mol. The summed E-state index contributed by atoms with van der Waals surface area (Å²) in [6.45, 7) is 10.0. The van der Waals surface area contributed by atoms with Crippen LogP contribution in [-0.2, 0) is 9.47 Å². The molecule has 0 aromatic heterocycles. The molecule has 0 N–H and O–H groups in total. The lowest BCUT2D eigenvalue weighted by Crippen LogP contribution is -2.27. The van der Waals surface area contributed by atoms with Crippen LogP contribution in [0.3, 0.4) is 0 Å². The molecule has 0 atom stereocenters. The predicted molar refractivity (Wildman–Crippen MR) is 161 cm³/mol. The summed E-state index contributed by atoms with van der Waals surface area (Å²) in [5.41, 5.74) is 0. The molecule has 36 heavy (non-hydrogen) atoms. The third-order valence-electron chi connectivity index (χ3n) is 6.84. The van der Waals surface area contributed by atoms with Crippen LogP contribution in [0.4, 0.5) is 0 Å². The van der Waals surface area contributed by atoms with Crippen LogP contribution in [0, 0.1) is 0 Å². The van der Waals surface area contributed by atoms with Crippen LogP contribution in [0.1, 0.15) is 142 Å². The molecule has 0 unspecified atom stereocenters. The van der Waals surface area contributed by atoms with E-state index >= 15 is 0 Å². The SMILES string of the molecule is CCCCC=CCCCCCCCCOCCN(C)CCOCCCCCCCCC=CCCCC. The molecular weight excluding hydrogens is 442 g/mol. The lowest BCUT2D eigenvalue weighted by molar-refractivity contribution is 0.0814. The molecule has 0 spiro atoms. The minimum Gasteiger partial charge on any atom is -0.380 e. The number of rotatable bonds is 30. The summed E-state index contributed by atoms with van der Waals surface area (Å²) >= 11 is 0. The van der Waals surface area contributed by atoms with Crippen molar-refractivity contribution in [2.75, 3.05) is 46.6 Å². The topological polar surface area (TPSA) is 21.7 Å². The normalized spacial score (nSPS) is 12.1. The van der Waals surface area contributed by atoms with Crippen LogP contribution in [0.5, 0.6) is 0 Å². The molecular formula is C33H65NO2. The molecule has 0 rings (SSSR count). The van der Waals surface area contributed by atoms with Gasteiger partial charge in [-0.2, -0.15) is 0 Å². The molecule has 214 valence electrons. The van der Waals surface area contributed by atoms with Crippen molar-refractivity contribution in [3.8, 4) is 0 Å².